The lowest BCUT2D eigenvalue weighted by Gasteiger charge is -2.33. The van der Waals surface area contributed by atoms with Gasteiger partial charge >= 0.3 is 0 Å². The normalized spacial score (nSPS) is 17.2. The molecule has 2 aromatic rings. The predicted octanol–water partition coefficient (Wildman–Crippen LogP) is 4.26. The lowest BCUT2D eigenvalue weighted by molar-refractivity contribution is 0.187. The zero-order valence-electron chi connectivity index (χ0n) is 12.6. The minimum Gasteiger partial charge on any atom is -0.337 e. The van der Waals surface area contributed by atoms with Crippen LogP contribution in [0.1, 0.15) is 32.2 Å². The van der Waals surface area contributed by atoms with Crippen molar-refractivity contribution in [3.63, 3.8) is 0 Å². The number of aromatic nitrogens is 2. The lowest BCUT2D eigenvalue weighted by Crippen LogP contribution is -2.35. The summed E-state index contributed by atoms with van der Waals surface area (Å²) in [5.41, 5.74) is 2.45. The van der Waals surface area contributed by atoms with E-state index in [-0.39, 0.29) is 0 Å². The maximum atomic E-state index is 5.53. The molecule has 1 aromatic heterocycles. The van der Waals surface area contributed by atoms with Crippen LogP contribution < -0.4 is 0 Å². The van der Waals surface area contributed by atoms with E-state index in [4.69, 9.17) is 12.2 Å². The Morgan fingerprint density at radius 1 is 1.19 bits per heavy atom. The van der Waals surface area contributed by atoms with Crippen molar-refractivity contribution in [3.05, 3.63) is 41.3 Å². The van der Waals surface area contributed by atoms with Crippen molar-refractivity contribution in [2.75, 3.05) is 19.6 Å². The van der Waals surface area contributed by atoms with E-state index >= 15 is 0 Å². The smallest absolute Gasteiger partial charge is 0.177 e. The van der Waals surface area contributed by atoms with E-state index in [0.29, 0.717) is 6.04 Å². The minimum absolute atomic E-state index is 0.520. The number of piperidine rings is 1. The second kappa shape index (κ2) is 6.58. The number of H-pyrrole nitrogens is 1. The fourth-order valence-electron chi connectivity index (χ4n) is 3.29. The van der Waals surface area contributed by atoms with Gasteiger partial charge < -0.3 is 14.5 Å². The Morgan fingerprint density at radius 3 is 2.57 bits per heavy atom. The molecule has 0 bridgehead atoms. The Kier molecular flexibility index (Phi) is 4.56. The fraction of sp³-hybridized carbons (Fsp3) is 0.471. The monoisotopic (exact) mass is 301 g/mol. The van der Waals surface area contributed by atoms with Crippen LogP contribution in [0.2, 0.25) is 0 Å². The molecule has 0 amide bonds. The van der Waals surface area contributed by atoms with Crippen molar-refractivity contribution >= 4 is 12.2 Å². The first-order valence-electron chi connectivity index (χ1n) is 7.87. The highest BCUT2D eigenvalue weighted by Crippen LogP contribution is 2.29. The number of hydrogen-bond donors (Lipinski definition) is 1. The van der Waals surface area contributed by atoms with Crippen molar-refractivity contribution in [2.24, 2.45) is 0 Å². The fourth-order valence-corrected chi connectivity index (χ4v) is 3.60. The number of likely N-dealkylation sites (tertiary alicyclic amines) is 1. The first-order valence-corrected chi connectivity index (χ1v) is 8.28. The second-order valence-electron chi connectivity index (χ2n) is 5.79. The summed E-state index contributed by atoms with van der Waals surface area (Å²) in [7, 11) is 0. The molecule has 1 N–H and O–H groups in total. The molecule has 0 saturated carbocycles. The third kappa shape index (κ3) is 3.11. The Hall–Kier alpha value is -1.39. The second-order valence-corrected chi connectivity index (χ2v) is 6.17. The highest BCUT2D eigenvalue weighted by molar-refractivity contribution is 7.71. The third-order valence-electron chi connectivity index (χ3n) is 4.34. The van der Waals surface area contributed by atoms with Crippen LogP contribution in [-0.4, -0.2) is 34.1 Å². The van der Waals surface area contributed by atoms with Gasteiger partial charge in [-0.05, 0) is 43.6 Å². The maximum absolute atomic E-state index is 5.53. The average Bonchev–Trinajstić information content (AvgIpc) is 2.91. The first kappa shape index (κ1) is 14.5. The molecule has 4 heteroatoms. The van der Waals surface area contributed by atoms with Gasteiger partial charge in [0.2, 0.25) is 0 Å². The van der Waals surface area contributed by atoms with Gasteiger partial charge in [-0.2, -0.15) is 0 Å². The molecule has 2 heterocycles. The molecule has 0 unspecified atom stereocenters. The summed E-state index contributed by atoms with van der Waals surface area (Å²) in [6.45, 7) is 5.83. The largest absolute Gasteiger partial charge is 0.337 e. The van der Waals surface area contributed by atoms with Gasteiger partial charge in [0.15, 0.2) is 4.77 Å². The number of aromatic amines is 1. The number of hydrogen-bond acceptors (Lipinski definition) is 2. The van der Waals surface area contributed by atoms with Gasteiger partial charge in [-0.15, -0.1) is 0 Å². The van der Waals surface area contributed by atoms with Crippen LogP contribution in [0.25, 0.3) is 11.3 Å². The highest BCUT2D eigenvalue weighted by atomic mass is 32.1. The van der Waals surface area contributed by atoms with Crippen LogP contribution in [0.4, 0.5) is 0 Å². The van der Waals surface area contributed by atoms with E-state index < -0.39 is 0 Å². The Balaban J connectivity index is 1.84. The van der Waals surface area contributed by atoms with Crippen molar-refractivity contribution in [3.8, 4) is 11.3 Å². The zero-order valence-corrected chi connectivity index (χ0v) is 13.4. The number of nitrogens with one attached hydrogen (secondary N) is 1. The molecule has 21 heavy (non-hydrogen) atoms. The number of imidazole rings is 1. The van der Waals surface area contributed by atoms with Crippen LogP contribution in [0.3, 0.4) is 0 Å². The van der Waals surface area contributed by atoms with E-state index in [1.165, 1.54) is 50.2 Å². The van der Waals surface area contributed by atoms with Crippen LogP contribution in [0.15, 0.2) is 36.5 Å². The van der Waals surface area contributed by atoms with Crippen molar-refractivity contribution in [2.45, 2.75) is 32.2 Å². The topological polar surface area (TPSA) is 24.0 Å². The van der Waals surface area contributed by atoms with Gasteiger partial charge in [0.25, 0.3) is 0 Å². The third-order valence-corrected chi connectivity index (χ3v) is 4.66. The molecular weight excluding hydrogens is 278 g/mol. The van der Waals surface area contributed by atoms with Crippen LogP contribution in [-0.2, 0) is 0 Å². The van der Waals surface area contributed by atoms with Gasteiger partial charge in [0, 0.05) is 25.3 Å². The van der Waals surface area contributed by atoms with Crippen LogP contribution in [0, 0.1) is 4.77 Å². The Morgan fingerprint density at radius 2 is 1.90 bits per heavy atom. The summed E-state index contributed by atoms with van der Waals surface area (Å²) in [5, 5.41) is 0. The molecule has 0 radical (unpaired) electrons. The molecule has 1 aromatic carbocycles. The molecule has 3 nitrogen and oxygen atoms in total. The van der Waals surface area contributed by atoms with Crippen LogP contribution in [0.5, 0.6) is 0 Å². The minimum atomic E-state index is 0.520. The summed E-state index contributed by atoms with van der Waals surface area (Å²) in [5.74, 6) is 0. The Labute approximate surface area is 131 Å². The first-order chi connectivity index (χ1) is 10.3. The Bertz CT molecular complexity index is 621. The van der Waals surface area contributed by atoms with Crippen molar-refractivity contribution in [1.29, 1.82) is 0 Å². The molecule has 112 valence electrons. The van der Waals surface area contributed by atoms with E-state index in [0.717, 1.165) is 4.77 Å². The quantitative estimate of drug-likeness (QED) is 0.853. The lowest BCUT2D eigenvalue weighted by atomic mass is 10.0. The molecular formula is C17H23N3S. The highest BCUT2D eigenvalue weighted by Gasteiger charge is 2.22. The maximum Gasteiger partial charge on any atom is 0.177 e. The summed E-state index contributed by atoms with van der Waals surface area (Å²) in [6, 6.07) is 11.0. The van der Waals surface area contributed by atoms with E-state index in [1.54, 1.807) is 0 Å². The molecule has 1 fully saturated rings. The molecule has 1 aliphatic rings. The predicted molar refractivity (Wildman–Crippen MR) is 90.1 cm³/mol. The van der Waals surface area contributed by atoms with Crippen molar-refractivity contribution in [1.82, 2.24) is 14.5 Å². The average molecular weight is 301 g/mol. The summed E-state index contributed by atoms with van der Waals surface area (Å²) in [6.07, 6.45) is 5.66. The molecule has 1 saturated heterocycles. The van der Waals surface area contributed by atoms with E-state index in [2.05, 4.69) is 57.9 Å². The van der Waals surface area contributed by atoms with Gasteiger partial charge in [-0.1, -0.05) is 37.3 Å². The molecule has 0 aliphatic carbocycles. The van der Waals surface area contributed by atoms with E-state index in [9.17, 15) is 0 Å². The molecule has 1 aliphatic heterocycles. The van der Waals surface area contributed by atoms with Gasteiger partial charge in [0.05, 0.1) is 5.69 Å². The SMILES string of the molecule is CCCN1CCC(n2c(-c3ccccc3)c[nH]c2=S)CC1. The van der Waals surface area contributed by atoms with Gasteiger partial charge in [-0.25, -0.2) is 0 Å². The summed E-state index contributed by atoms with van der Waals surface area (Å²) < 4.78 is 3.18. The van der Waals surface area contributed by atoms with Crippen molar-refractivity contribution < 1.29 is 0 Å². The number of rotatable bonds is 4. The van der Waals surface area contributed by atoms with Gasteiger partial charge in [0.1, 0.15) is 0 Å². The van der Waals surface area contributed by atoms with Crippen LogP contribution >= 0.6 is 12.2 Å². The molecule has 0 spiro atoms. The van der Waals surface area contributed by atoms with E-state index in [1.807, 2.05) is 0 Å². The molecule has 0 atom stereocenters. The number of benzene rings is 1. The molecule has 3 rings (SSSR count). The summed E-state index contributed by atoms with van der Waals surface area (Å²) >= 11 is 5.53. The zero-order chi connectivity index (χ0) is 14.7. The number of nitrogens with zero attached hydrogens (tertiary/aromatic N) is 2. The summed E-state index contributed by atoms with van der Waals surface area (Å²) in [4.78, 5) is 5.80. The standard InChI is InChI=1S/C17H23N3S/c1-2-10-19-11-8-15(9-12-19)20-16(13-18-17(20)21)14-6-4-3-5-7-14/h3-7,13,15H,2,8-12H2,1H3,(H,18,21). The van der Waals surface area contributed by atoms with Gasteiger partial charge in [-0.3, -0.25) is 0 Å².